The SMILES string of the molecule is CC(C)(C(N)c1cccc(OC(F)(F)F)c1)S(C)(=O)=O. The zero-order valence-corrected chi connectivity index (χ0v) is 12.0. The van der Waals surface area contributed by atoms with E-state index in [1.807, 2.05) is 0 Å². The lowest BCUT2D eigenvalue weighted by atomic mass is 9.96. The summed E-state index contributed by atoms with van der Waals surface area (Å²) in [6, 6.07) is 4.02. The Morgan fingerprint density at radius 3 is 2.25 bits per heavy atom. The molecule has 0 aromatic heterocycles. The highest BCUT2D eigenvalue weighted by molar-refractivity contribution is 7.92. The molecule has 0 bridgehead atoms. The summed E-state index contributed by atoms with van der Waals surface area (Å²) in [6.07, 6.45) is -3.78. The molecule has 1 rings (SSSR count). The quantitative estimate of drug-likeness (QED) is 0.927. The summed E-state index contributed by atoms with van der Waals surface area (Å²) in [5, 5.41) is 0. The van der Waals surface area contributed by atoms with Gasteiger partial charge >= 0.3 is 6.36 Å². The van der Waals surface area contributed by atoms with Crippen LogP contribution in [0.1, 0.15) is 25.5 Å². The Hall–Kier alpha value is -1.28. The van der Waals surface area contributed by atoms with E-state index in [-0.39, 0.29) is 5.56 Å². The highest BCUT2D eigenvalue weighted by Gasteiger charge is 2.38. The predicted molar refractivity (Wildman–Crippen MR) is 69.0 cm³/mol. The number of rotatable bonds is 4. The minimum atomic E-state index is -4.81. The van der Waals surface area contributed by atoms with Gasteiger partial charge in [-0.2, -0.15) is 0 Å². The van der Waals surface area contributed by atoms with Crippen molar-refractivity contribution in [2.45, 2.75) is 31.0 Å². The molecule has 0 heterocycles. The summed E-state index contributed by atoms with van der Waals surface area (Å²) in [6.45, 7) is 2.84. The molecule has 0 spiro atoms. The van der Waals surface area contributed by atoms with E-state index in [9.17, 15) is 21.6 Å². The number of hydrogen-bond donors (Lipinski definition) is 1. The van der Waals surface area contributed by atoms with E-state index in [2.05, 4.69) is 4.74 Å². The first-order valence-electron chi connectivity index (χ1n) is 5.65. The van der Waals surface area contributed by atoms with Gasteiger partial charge in [0.2, 0.25) is 0 Å². The summed E-state index contributed by atoms with van der Waals surface area (Å²) in [5.74, 6) is -0.435. The van der Waals surface area contributed by atoms with Crippen molar-refractivity contribution in [1.82, 2.24) is 0 Å². The second-order valence-corrected chi connectivity index (χ2v) is 7.57. The number of nitrogens with two attached hydrogens (primary N) is 1. The maximum atomic E-state index is 12.1. The molecule has 1 aromatic carbocycles. The van der Waals surface area contributed by atoms with Crippen LogP contribution in [0.25, 0.3) is 0 Å². The molecule has 0 radical (unpaired) electrons. The maximum Gasteiger partial charge on any atom is 0.573 e. The lowest BCUT2D eigenvalue weighted by molar-refractivity contribution is -0.274. The second-order valence-electron chi connectivity index (χ2n) is 4.97. The van der Waals surface area contributed by atoms with Gasteiger partial charge in [0.15, 0.2) is 9.84 Å². The number of benzene rings is 1. The van der Waals surface area contributed by atoms with Gasteiger partial charge < -0.3 is 10.5 Å². The fourth-order valence-electron chi connectivity index (χ4n) is 1.54. The largest absolute Gasteiger partial charge is 0.573 e. The molecular formula is C12H16F3NO3S. The first-order chi connectivity index (χ1) is 8.84. The normalized spacial score (nSPS) is 14.9. The third-order valence-electron chi connectivity index (χ3n) is 3.16. The van der Waals surface area contributed by atoms with Crippen LogP contribution in [0.15, 0.2) is 24.3 Å². The van der Waals surface area contributed by atoms with E-state index in [1.54, 1.807) is 0 Å². The van der Waals surface area contributed by atoms with E-state index in [0.717, 1.165) is 18.4 Å². The number of alkyl halides is 3. The van der Waals surface area contributed by atoms with Crippen LogP contribution >= 0.6 is 0 Å². The lowest BCUT2D eigenvalue weighted by Crippen LogP contribution is -2.42. The van der Waals surface area contributed by atoms with E-state index in [0.29, 0.717) is 0 Å². The Morgan fingerprint density at radius 1 is 1.25 bits per heavy atom. The van der Waals surface area contributed by atoms with Gasteiger partial charge in [-0.25, -0.2) is 8.42 Å². The predicted octanol–water partition coefficient (Wildman–Crippen LogP) is 2.41. The fourth-order valence-corrected chi connectivity index (χ4v) is 2.13. The van der Waals surface area contributed by atoms with Crippen LogP contribution in [0.4, 0.5) is 13.2 Å². The van der Waals surface area contributed by atoms with E-state index in [1.165, 1.54) is 26.0 Å². The molecule has 0 amide bonds. The van der Waals surface area contributed by atoms with Crippen LogP contribution in [0.5, 0.6) is 5.75 Å². The minimum absolute atomic E-state index is 0.252. The van der Waals surface area contributed by atoms with Gasteiger partial charge in [-0.3, -0.25) is 0 Å². The van der Waals surface area contributed by atoms with Gasteiger partial charge in [-0.1, -0.05) is 12.1 Å². The summed E-state index contributed by atoms with van der Waals surface area (Å²) < 4.78 is 62.3. The van der Waals surface area contributed by atoms with Gasteiger partial charge in [0.25, 0.3) is 0 Å². The van der Waals surface area contributed by atoms with Crippen molar-refractivity contribution in [3.05, 3.63) is 29.8 Å². The summed E-state index contributed by atoms with van der Waals surface area (Å²) in [5.41, 5.74) is 6.13. The first kappa shape index (κ1) is 16.8. The Morgan fingerprint density at radius 2 is 1.80 bits per heavy atom. The van der Waals surface area contributed by atoms with E-state index >= 15 is 0 Å². The highest BCUT2D eigenvalue weighted by atomic mass is 32.2. The van der Waals surface area contributed by atoms with Crippen LogP contribution in [-0.2, 0) is 9.84 Å². The zero-order valence-electron chi connectivity index (χ0n) is 11.2. The molecule has 2 N–H and O–H groups in total. The zero-order chi connectivity index (χ0) is 15.8. The Balaban J connectivity index is 3.13. The van der Waals surface area contributed by atoms with Crippen LogP contribution in [-0.4, -0.2) is 25.8 Å². The van der Waals surface area contributed by atoms with Crippen molar-refractivity contribution in [2.75, 3.05) is 6.26 Å². The van der Waals surface area contributed by atoms with Crippen LogP contribution in [0.3, 0.4) is 0 Å². The monoisotopic (exact) mass is 311 g/mol. The molecule has 0 fully saturated rings. The smallest absolute Gasteiger partial charge is 0.406 e. The third-order valence-corrected chi connectivity index (χ3v) is 5.32. The highest BCUT2D eigenvalue weighted by Crippen LogP contribution is 2.32. The average molecular weight is 311 g/mol. The Bertz CT molecular complexity index is 582. The van der Waals surface area contributed by atoms with Gasteiger partial charge in [-0.05, 0) is 31.5 Å². The molecule has 4 nitrogen and oxygen atoms in total. The number of sulfone groups is 1. The van der Waals surface area contributed by atoms with Crippen molar-refractivity contribution in [1.29, 1.82) is 0 Å². The van der Waals surface area contributed by atoms with Crippen molar-refractivity contribution in [3.8, 4) is 5.75 Å². The molecule has 8 heteroatoms. The van der Waals surface area contributed by atoms with Crippen molar-refractivity contribution in [2.24, 2.45) is 5.73 Å². The Labute approximate surface area is 115 Å². The van der Waals surface area contributed by atoms with E-state index in [4.69, 9.17) is 5.73 Å². The molecular weight excluding hydrogens is 295 g/mol. The van der Waals surface area contributed by atoms with Crippen LogP contribution in [0, 0.1) is 0 Å². The molecule has 0 aliphatic rings. The van der Waals surface area contributed by atoms with Gasteiger partial charge in [0.05, 0.1) is 4.75 Å². The third kappa shape index (κ3) is 3.86. The molecule has 1 aromatic rings. The maximum absolute atomic E-state index is 12.1. The summed E-state index contributed by atoms with van der Waals surface area (Å²) in [7, 11) is -3.49. The molecule has 1 unspecified atom stereocenters. The van der Waals surface area contributed by atoms with Gasteiger partial charge in [0, 0.05) is 12.3 Å². The summed E-state index contributed by atoms with van der Waals surface area (Å²) >= 11 is 0. The van der Waals surface area contributed by atoms with Crippen LogP contribution in [0.2, 0.25) is 0 Å². The molecule has 0 saturated carbocycles. The Kier molecular flexibility index (Phi) is 4.40. The van der Waals surface area contributed by atoms with E-state index < -0.39 is 32.7 Å². The van der Waals surface area contributed by atoms with Gasteiger partial charge in [0.1, 0.15) is 5.75 Å². The van der Waals surface area contributed by atoms with Crippen molar-refractivity contribution in [3.63, 3.8) is 0 Å². The number of hydrogen-bond acceptors (Lipinski definition) is 4. The van der Waals surface area contributed by atoms with Gasteiger partial charge in [-0.15, -0.1) is 13.2 Å². The molecule has 1 atom stereocenters. The molecule has 0 saturated heterocycles. The minimum Gasteiger partial charge on any atom is -0.406 e. The molecule has 114 valence electrons. The standard InChI is InChI=1S/C12H16F3NO3S/c1-11(2,20(3,17)18)10(16)8-5-4-6-9(7-8)19-12(13,14)15/h4-7,10H,16H2,1-3H3. The topological polar surface area (TPSA) is 69.4 Å². The molecule has 0 aliphatic carbocycles. The lowest BCUT2D eigenvalue weighted by Gasteiger charge is -2.30. The molecule has 0 aliphatic heterocycles. The fraction of sp³-hybridized carbons (Fsp3) is 0.500. The first-order valence-corrected chi connectivity index (χ1v) is 7.54. The average Bonchev–Trinajstić information content (AvgIpc) is 2.24. The van der Waals surface area contributed by atoms with Crippen LogP contribution < -0.4 is 10.5 Å². The summed E-state index contributed by atoms with van der Waals surface area (Å²) in [4.78, 5) is 0. The second kappa shape index (κ2) is 5.25. The van der Waals surface area contributed by atoms with Crippen molar-refractivity contribution < 1.29 is 26.3 Å². The number of halogens is 3. The molecule has 20 heavy (non-hydrogen) atoms. The number of ether oxygens (including phenoxy) is 1. The van der Waals surface area contributed by atoms with Crippen molar-refractivity contribution >= 4 is 9.84 Å².